The van der Waals surface area contributed by atoms with Crippen LogP contribution in [0.15, 0.2) is 100 Å². The summed E-state index contributed by atoms with van der Waals surface area (Å²) in [5.41, 5.74) is 7.40. The number of carboxylic acids is 1. The SMILES string of the molecule is Nc1ccc(Br)cn1.O=C(Cc1ccc(Br)cn1)C1(c2ccc3c(c2)OCO3)CC1.O=C(Cl)C1(c2ccc3c(c2)OCO3)CC1.O=C(O)C1(c2ccc3c(c2)OCO3)CC1.O=S(Cl)Cl.[2H]CF. The number of Topliss-reactive ketones (excluding diaryl/α,β-unsaturated/α-hetero) is 1. The molecule has 0 amide bonds. The van der Waals surface area contributed by atoms with Crippen LogP contribution in [0.2, 0.25) is 0 Å². The van der Waals surface area contributed by atoms with Gasteiger partial charge in [0.15, 0.2) is 34.5 Å². The van der Waals surface area contributed by atoms with E-state index in [-0.39, 0.29) is 36.8 Å². The van der Waals surface area contributed by atoms with Crippen LogP contribution >= 0.6 is 64.8 Å². The van der Waals surface area contributed by atoms with E-state index in [4.69, 9.17) is 56.4 Å². The largest absolute Gasteiger partial charge is 0.481 e. The van der Waals surface area contributed by atoms with Crippen LogP contribution in [0.4, 0.5) is 10.2 Å². The van der Waals surface area contributed by atoms with E-state index in [1.165, 1.54) is 0 Å². The number of hydrogen-bond donors (Lipinski definition) is 2. The summed E-state index contributed by atoms with van der Waals surface area (Å²) in [7, 11) is 6.36. The van der Waals surface area contributed by atoms with Crippen LogP contribution in [0.1, 0.15) is 62.3 Å². The number of aromatic nitrogens is 2. The molecule has 2 aromatic heterocycles. The summed E-state index contributed by atoms with van der Waals surface area (Å²) in [5, 5.41) is 8.86. The summed E-state index contributed by atoms with van der Waals surface area (Å²) in [6.45, 7) is 0.724. The number of alkyl halides is 1. The number of hydrogen-bond acceptors (Lipinski definition) is 13. The summed E-state index contributed by atoms with van der Waals surface area (Å²) in [4.78, 5) is 43.3. The Morgan fingerprint density at radius 2 is 1.06 bits per heavy atom. The van der Waals surface area contributed by atoms with E-state index in [0.29, 0.717) is 42.3 Å². The van der Waals surface area contributed by atoms with Crippen molar-refractivity contribution in [3.8, 4) is 34.5 Å². The van der Waals surface area contributed by atoms with Gasteiger partial charge in [0.05, 0.1) is 24.8 Å². The van der Waals surface area contributed by atoms with Gasteiger partial charge in [-0.15, -0.1) is 0 Å². The second kappa shape index (κ2) is 22.4. The molecule has 0 bridgehead atoms. The molecule has 6 aliphatic rings. The molecule has 0 radical (unpaired) electrons. The van der Waals surface area contributed by atoms with Crippen molar-refractivity contribution in [1.82, 2.24) is 9.97 Å². The number of carbonyl (C=O) groups is 3. The molecular formula is C45H41Br2Cl3FN3O11S. The van der Waals surface area contributed by atoms with E-state index >= 15 is 0 Å². The standard InChI is InChI=1S/C17H14BrNO3.C11H9ClO3.C11H10O4.C5H5BrN2.CH3F.Cl2OS/c18-12-2-3-13(19-9-12)8-16(20)17(5-6-17)11-1-4-14-15(7-11)22-10-21-14;2*12-10(13)11(3-4-11)7-1-2-8-9(5-7)15-6-14-8;6-4-1-2-5(7)8-3-4;1-2;1-4(2)3/h1-4,7,9H,5-6,8,10H2;1-2,5H,3-4,6H2;1-2,5H,3-4,6H2,(H,12,13);1-3H,(H2,7,8);1H3;/i;;;;1D;. The van der Waals surface area contributed by atoms with Crippen molar-refractivity contribution in [2.75, 3.05) is 33.3 Å². The summed E-state index contributed by atoms with van der Waals surface area (Å²) in [5.74, 6) is 4.30. The van der Waals surface area contributed by atoms with E-state index < -0.39 is 33.2 Å². The van der Waals surface area contributed by atoms with Crippen LogP contribution in [0.3, 0.4) is 0 Å². The van der Waals surface area contributed by atoms with Gasteiger partial charge in [-0.25, -0.2) is 9.19 Å². The lowest BCUT2D eigenvalue weighted by Crippen LogP contribution is -2.22. The highest BCUT2D eigenvalue weighted by atomic mass is 79.9. The van der Waals surface area contributed by atoms with E-state index in [0.717, 1.165) is 74.3 Å². The first-order valence-corrected chi connectivity index (χ1v) is 24.6. The van der Waals surface area contributed by atoms with Gasteiger partial charge in [0.1, 0.15) is 11.6 Å². The zero-order chi connectivity index (χ0) is 48.4. The fourth-order valence-electron chi connectivity index (χ4n) is 7.14. The number of anilines is 1. The zero-order valence-electron chi connectivity index (χ0n) is 35.6. The third-order valence-corrected chi connectivity index (χ3v) is 12.5. The maximum Gasteiger partial charge on any atom is 0.314 e. The number of rotatable bonds is 8. The molecule has 3 aromatic carbocycles. The van der Waals surface area contributed by atoms with E-state index in [2.05, 4.69) is 63.2 Å². The van der Waals surface area contributed by atoms with Gasteiger partial charge in [0.25, 0.3) is 0 Å². The number of nitrogens with two attached hydrogens (primary N) is 1. The molecule has 350 valence electrons. The first-order chi connectivity index (χ1) is 32.0. The fourth-order valence-corrected chi connectivity index (χ4v) is 7.91. The molecule has 21 heteroatoms. The number of ether oxygens (including phenoxy) is 6. The number of benzene rings is 3. The Morgan fingerprint density at radius 3 is 1.39 bits per heavy atom. The quantitative estimate of drug-likeness (QED) is 0.139. The molecule has 5 heterocycles. The number of carbonyl (C=O) groups excluding carboxylic acids is 2. The summed E-state index contributed by atoms with van der Waals surface area (Å²) in [6, 6.07) is 24.2. The lowest BCUT2D eigenvalue weighted by Gasteiger charge is -2.15. The number of pyridine rings is 2. The Hall–Kier alpha value is -4.72. The van der Waals surface area contributed by atoms with Crippen molar-refractivity contribution in [3.63, 3.8) is 0 Å². The van der Waals surface area contributed by atoms with Crippen molar-refractivity contribution in [2.45, 2.75) is 61.2 Å². The van der Waals surface area contributed by atoms with Crippen molar-refractivity contribution < 1.29 is 57.9 Å². The third kappa shape index (κ3) is 12.4. The van der Waals surface area contributed by atoms with Crippen LogP contribution in [0.25, 0.3) is 0 Å². The lowest BCUT2D eigenvalue weighted by molar-refractivity contribution is -0.140. The van der Waals surface area contributed by atoms with Gasteiger partial charge in [-0.2, -0.15) is 0 Å². The van der Waals surface area contributed by atoms with Gasteiger partial charge in [-0.05, 0) is 159 Å². The Kier molecular flexibility index (Phi) is 16.7. The third-order valence-electron chi connectivity index (χ3n) is 11.2. The molecule has 3 aliphatic heterocycles. The summed E-state index contributed by atoms with van der Waals surface area (Å²) >= 11 is 12.2. The predicted molar refractivity (Wildman–Crippen MR) is 253 cm³/mol. The van der Waals surface area contributed by atoms with E-state index in [1.54, 1.807) is 30.6 Å². The number of carboxylic acid groups (broad SMARTS) is 1. The molecular weight excluding hydrogens is 1080 g/mol. The van der Waals surface area contributed by atoms with E-state index in [1.807, 2.05) is 60.7 Å². The average Bonchev–Trinajstić information content (AvgIpc) is 4.27. The molecule has 3 N–H and O–H groups in total. The van der Waals surface area contributed by atoms with Crippen molar-refractivity contribution >= 4 is 96.9 Å². The second-order valence-electron chi connectivity index (χ2n) is 15.2. The minimum absolute atomic E-state index is 0.221. The Bertz CT molecular complexity index is 2490. The zero-order valence-corrected chi connectivity index (χ0v) is 40.9. The maximum atomic E-state index is 12.8. The molecule has 3 saturated carbocycles. The van der Waals surface area contributed by atoms with Gasteiger partial charge in [0.2, 0.25) is 34.8 Å². The van der Waals surface area contributed by atoms with Crippen molar-refractivity contribution in [1.29, 1.82) is 0 Å². The molecule has 11 rings (SSSR count). The number of nitrogens with zero attached hydrogens (tertiary/aromatic N) is 2. The van der Waals surface area contributed by atoms with Crippen LogP contribution < -0.4 is 34.2 Å². The molecule has 0 saturated heterocycles. The Balaban J connectivity index is 0.000000146. The van der Waals surface area contributed by atoms with Gasteiger partial charge in [-0.1, -0.05) is 18.2 Å². The van der Waals surface area contributed by atoms with Crippen molar-refractivity contribution in [3.05, 3.63) is 123 Å². The fraction of sp³-hybridized carbons (Fsp3) is 0.311. The van der Waals surface area contributed by atoms with Gasteiger partial charge in [0, 0.05) is 54.8 Å². The molecule has 14 nitrogen and oxygen atoms in total. The second-order valence-corrected chi connectivity index (χ2v) is 19.9. The van der Waals surface area contributed by atoms with Gasteiger partial charge in [-0.3, -0.25) is 23.8 Å². The van der Waals surface area contributed by atoms with E-state index in [9.17, 15) is 18.8 Å². The van der Waals surface area contributed by atoms with Crippen molar-refractivity contribution in [2.24, 2.45) is 0 Å². The summed E-state index contributed by atoms with van der Waals surface area (Å²) < 4.78 is 58.1. The number of ketones is 1. The predicted octanol–water partition coefficient (Wildman–Crippen LogP) is 10.2. The number of halogens is 6. The smallest absolute Gasteiger partial charge is 0.314 e. The summed E-state index contributed by atoms with van der Waals surface area (Å²) in [6.07, 6.45) is 8.61. The van der Waals surface area contributed by atoms with Crippen LogP contribution in [0, 0.1) is 0 Å². The normalized spacial score (nSPS) is 16.8. The molecule has 3 aliphatic carbocycles. The van der Waals surface area contributed by atoms with Gasteiger partial charge < -0.3 is 39.3 Å². The number of fused-ring (bicyclic) bond motifs is 3. The number of nitrogen functional groups attached to an aromatic ring is 1. The monoisotopic (exact) mass is 1110 g/mol. The Labute approximate surface area is 413 Å². The van der Waals surface area contributed by atoms with Gasteiger partial charge >= 0.3 is 5.97 Å². The average molecular weight is 1120 g/mol. The topological polar surface area (TPSA) is 196 Å². The molecule has 0 spiro atoms. The first-order valence-electron chi connectivity index (χ1n) is 20.5. The minimum atomic E-state index is -1.67. The Morgan fingerprint density at radius 1 is 0.682 bits per heavy atom. The minimum Gasteiger partial charge on any atom is -0.481 e. The van der Waals surface area contributed by atoms with Crippen LogP contribution in [0.5, 0.6) is 34.5 Å². The van der Waals surface area contributed by atoms with Crippen LogP contribution in [-0.2, 0) is 46.3 Å². The van der Waals surface area contributed by atoms with Crippen LogP contribution in [-0.4, -0.2) is 63.8 Å². The molecule has 3 fully saturated rings. The molecule has 0 atom stereocenters. The first kappa shape index (κ1) is 49.2. The highest BCUT2D eigenvalue weighted by Gasteiger charge is 2.53. The highest BCUT2D eigenvalue weighted by Crippen LogP contribution is 2.53. The maximum absolute atomic E-state index is 12.8. The lowest BCUT2D eigenvalue weighted by atomic mass is 9.88. The number of aliphatic carboxylic acids is 1. The molecule has 66 heavy (non-hydrogen) atoms. The highest BCUT2D eigenvalue weighted by molar-refractivity contribution is 9.10. The molecule has 5 aromatic rings. The molecule has 0 unspecified atom stereocenters.